The van der Waals surface area contributed by atoms with Gasteiger partial charge in [0.1, 0.15) is 5.82 Å². The van der Waals surface area contributed by atoms with E-state index >= 15 is 0 Å². The molecule has 2 rings (SSSR count). The number of nitrogens with zero attached hydrogens (tertiary/aromatic N) is 1. The van der Waals surface area contributed by atoms with Gasteiger partial charge in [0.25, 0.3) is 5.91 Å². The molecule has 0 aliphatic carbocycles. The van der Waals surface area contributed by atoms with Gasteiger partial charge in [0.05, 0.1) is 0 Å². The lowest BCUT2D eigenvalue weighted by molar-refractivity contribution is -0.132. The molecule has 0 saturated carbocycles. The molecular weight excluding hydrogens is 249 g/mol. The van der Waals surface area contributed by atoms with Gasteiger partial charge in [-0.05, 0) is 24.6 Å². The average Bonchev–Trinajstić information content (AvgIpc) is 2.32. The predicted octanol–water partition coefficient (Wildman–Crippen LogP) is 0.758. The van der Waals surface area contributed by atoms with Crippen LogP contribution in [0.15, 0.2) is 18.2 Å². The molecule has 1 heterocycles. The number of piperidine rings is 1. The van der Waals surface area contributed by atoms with Gasteiger partial charge in [-0.2, -0.15) is 0 Å². The highest BCUT2D eigenvalue weighted by Gasteiger charge is 2.24. The first kappa shape index (κ1) is 13.3. The molecule has 1 aliphatic rings. The van der Waals surface area contributed by atoms with E-state index in [0.717, 1.165) is 12.1 Å². The number of hydrogen-bond donors (Lipinski definition) is 2. The lowest BCUT2D eigenvalue weighted by Gasteiger charge is -2.30. The standard InChI is InChI=1S/C13H16FN3O2/c1-17-7-11(2-3-12(17)18)16-13(19)8-4-9(14)6-10(15)5-8/h4-6,11H,2-3,7,15H2,1H3,(H,16,19). The number of likely N-dealkylation sites (N-methyl/N-ethyl adjacent to an activating group) is 1. The van der Waals surface area contributed by atoms with E-state index in [1.54, 1.807) is 11.9 Å². The molecule has 6 heteroatoms. The fourth-order valence-corrected chi connectivity index (χ4v) is 2.14. The van der Waals surface area contributed by atoms with Gasteiger partial charge in [0.15, 0.2) is 0 Å². The number of anilines is 1. The maximum Gasteiger partial charge on any atom is 0.251 e. The number of rotatable bonds is 2. The third kappa shape index (κ3) is 3.21. The molecule has 1 aliphatic heterocycles. The summed E-state index contributed by atoms with van der Waals surface area (Å²) in [7, 11) is 1.70. The number of nitrogens with two attached hydrogens (primary N) is 1. The zero-order chi connectivity index (χ0) is 14.0. The first-order valence-electron chi connectivity index (χ1n) is 6.06. The fraction of sp³-hybridized carbons (Fsp3) is 0.385. The first-order valence-corrected chi connectivity index (χ1v) is 6.06. The molecule has 1 unspecified atom stereocenters. The number of hydrogen-bond acceptors (Lipinski definition) is 3. The van der Waals surface area contributed by atoms with Crippen LogP contribution in [0.25, 0.3) is 0 Å². The molecule has 3 N–H and O–H groups in total. The van der Waals surface area contributed by atoms with E-state index in [1.807, 2.05) is 0 Å². The zero-order valence-electron chi connectivity index (χ0n) is 10.6. The van der Waals surface area contributed by atoms with Gasteiger partial charge in [0, 0.05) is 37.3 Å². The van der Waals surface area contributed by atoms with E-state index in [4.69, 9.17) is 5.73 Å². The topological polar surface area (TPSA) is 75.4 Å². The molecule has 0 aromatic heterocycles. The van der Waals surface area contributed by atoms with Gasteiger partial charge < -0.3 is 16.0 Å². The van der Waals surface area contributed by atoms with Crippen molar-refractivity contribution in [1.82, 2.24) is 10.2 Å². The molecule has 1 aromatic carbocycles. The van der Waals surface area contributed by atoms with Crippen molar-refractivity contribution in [3.05, 3.63) is 29.6 Å². The van der Waals surface area contributed by atoms with Crippen LogP contribution in [0.5, 0.6) is 0 Å². The number of halogens is 1. The lowest BCUT2D eigenvalue weighted by atomic mass is 10.0. The van der Waals surface area contributed by atoms with Gasteiger partial charge >= 0.3 is 0 Å². The molecule has 1 atom stereocenters. The number of nitrogens with one attached hydrogen (secondary N) is 1. The van der Waals surface area contributed by atoms with E-state index in [-0.39, 0.29) is 29.1 Å². The molecule has 1 fully saturated rings. The Bertz CT molecular complexity index is 498. The second kappa shape index (κ2) is 5.26. The maximum absolute atomic E-state index is 13.2. The van der Waals surface area contributed by atoms with Gasteiger partial charge in [-0.3, -0.25) is 9.59 Å². The number of carbonyl (C=O) groups is 2. The van der Waals surface area contributed by atoms with Gasteiger partial charge in [-0.15, -0.1) is 0 Å². The second-order valence-electron chi connectivity index (χ2n) is 4.76. The summed E-state index contributed by atoms with van der Waals surface area (Å²) in [6, 6.07) is 3.61. The Hall–Kier alpha value is -2.11. The van der Waals surface area contributed by atoms with E-state index in [9.17, 15) is 14.0 Å². The number of nitrogen functional groups attached to an aromatic ring is 1. The van der Waals surface area contributed by atoms with Crippen molar-refractivity contribution in [3.8, 4) is 0 Å². The lowest BCUT2D eigenvalue weighted by Crippen LogP contribution is -2.48. The van der Waals surface area contributed by atoms with E-state index in [2.05, 4.69) is 5.32 Å². The van der Waals surface area contributed by atoms with Crippen molar-refractivity contribution >= 4 is 17.5 Å². The van der Waals surface area contributed by atoms with Crippen molar-refractivity contribution < 1.29 is 14.0 Å². The Balaban J connectivity index is 2.03. The summed E-state index contributed by atoms with van der Waals surface area (Å²) in [6.45, 7) is 0.468. The summed E-state index contributed by atoms with van der Waals surface area (Å²) in [6.07, 6.45) is 1.01. The van der Waals surface area contributed by atoms with E-state index in [1.165, 1.54) is 6.07 Å². The Morgan fingerprint density at radius 1 is 1.47 bits per heavy atom. The quantitative estimate of drug-likeness (QED) is 0.775. The average molecular weight is 265 g/mol. The van der Waals surface area contributed by atoms with Crippen LogP contribution < -0.4 is 11.1 Å². The second-order valence-corrected chi connectivity index (χ2v) is 4.76. The fourth-order valence-electron chi connectivity index (χ4n) is 2.14. The van der Waals surface area contributed by atoms with Crippen molar-refractivity contribution in [2.45, 2.75) is 18.9 Å². The van der Waals surface area contributed by atoms with Gasteiger partial charge in [-0.25, -0.2) is 4.39 Å². The molecule has 2 amide bonds. The highest BCUT2D eigenvalue weighted by Crippen LogP contribution is 2.13. The zero-order valence-corrected chi connectivity index (χ0v) is 10.6. The predicted molar refractivity (Wildman–Crippen MR) is 68.9 cm³/mol. The van der Waals surface area contributed by atoms with Crippen molar-refractivity contribution in [1.29, 1.82) is 0 Å². The summed E-state index contributed by atoms with van der Waals surface area (Å²) in [5, 5.41) is 2.79. The van der Waals surface area contributed by atoms with Crippen LogP contribution in [0, 0.1) is 5.82 Å². The summed E-state index contributed by atoms with van der Waals surface area (Å²) >= 11 is 0. The molecule has 0 spiro atoms. The van der Waals surface area contributed by atoms with Crippen LogP contribution in [0.2, 0.25) is 0 Å². The van der Waals surface area contributed by atoms with Crippen LogP contribution in [-0.2, 0) is 4.79 Å². The third-order valence-corrected chi connectivity index (χ3v) is 3.14. The summed E-state index contributed by atoms with van der Waals surface area (Å²) in [5.74, 6) is -0.847. The largest absolute Gasteiger partial charge is 0.399 e. The van der Waals surface area contributed by atoms with Crippen molar-refractivity contribution in [2.24, 2.45) is 0 Å². The summed E-state index contributed by atoms with van der Waals surface area (Å²) in [4.78, 5) is 24.9. The smallest absolute Gasteiger partial charge is 0.251 e. The molecule has 19 heavy (non-hydrogen) atoms. The summed E-state index contributed by atoms with van der Waals surface area (Å²) in [5.41, 5.74) is 5.90. The monoisotopic (exact) mass is 265 g/mol. The first-order chi connectivity index (χ1) is 8.95. The van der Waals surface area contributed by atoms with Gasteiger partial charge in [-0.1, -0.05) is 0 Å². The minimum absolute atomic E-state index is 0.0699. The van der Waals surface area contributed by atoms with E-state index < -0.39 is 5.82 Å². The normalized spacial score (nSPS) is 19.4. The van der Waals surface area contributed by atoms with Crippen LogP contribution in [0.3, 0.4) is 0 Å². The van der Waals surface area contributed by atoms with Crippen molar-refractivity contribution in [3.63, 3.8) is 0 Å². The number of likely N-dealkylation sites (tertiary alicyclic amines) is 1. The Morgan fingerprint density at radius 3 is 2.84 bits per heavy atom. The molecule has 1 saturated heterocycles. The SMILES string of the molecule is CN1CC(NC(=O)c2cc(N)cc(F)c2)CCC1=O. The Labute approximate surface area is 110 Å². The van der Waals surface area contributed by atoms with Crippen LogP contribution >= 0.6 is 0 Å². The number of amides is 2. The molecule has 0 bridgehead atoms. The molecule has 0 radical (unpaired) electrons. The number of benzene rings is 1. The Kier molecular flexibility index (Phi) is 3.69. The maximum atomic E-state index is 13.2. The van der Waals surface area contributed by atoms with Crippen LogP contribution in [-0.4, -0.2) is 36.3 Å². The Morgan fingerprint density at radius 2 is 2.21 bits per heavy atom. The summed E-state index contributed by atoms with van der Waals surface area (Å²) < 4.78 is 13.2. The van der Waals surface area contributed by atoms with E-state index in [0.29, 0.717) is 19.4 Å². The number of carbonyl (C=O) groups excluding carboxylic acids is 2. The minimum Gasteiger partial charge on any atom is -0.399 e. The highest BCUT2D eigenvalue weighted by atomic mass is 19.1. The molecule has 5 nitrogen and oxygen atoms in total. The van der Waals surface area contributed by atoms with Crippen LogP contribution in [0.1, 0.15) is 23.2 Å². The van der Waals surface area contributed by atoms with Gasteiger partial charge in [0.2, 0.25) is 5.91 Å². The molecular formula is C13H16FN3O2. The van der Waals surface area contributed by atoms with Crippen molar-refractivity contribution in [2.75, 3.05) is 19.3 Å². The molecule has 1 aromatic rings. The van der Waals surface area contributed by atoms with Crippen LogP contribution in [0.4, 0.5) is 10.1 Å². The minimum atomic E-state index is -0.541. The highest BCUT2D eigenvalue weighted by molar-refractivity contribution is 5.95. The third-order valence-electron chi connectivity index (χ3n) is 3.14. The molecule has 102 valence electrons.